The van der Waals surface area contributed by atoms with Gasteiger partial charge in [0.2, 0.25) is 0 Å². The predicted molar refractivity (Wildman–Crippen MR) is 114 cm³/mol. The molecular weight excluding hydrogens is 380 g/mol. The van der Waals surface area contributed by atoms with Crippen LogP contribution in [0.25, 0.3) is 0 Å². The predicted octanol–water partition coefficient (Wildman–Crippen LogP) is 3.42. The molecular formula is C20H29F2N5S. The lowest BCUT2D eigenvalue weighted by Gasteiger charge is -2.42. The second kappa shape index (κ2) is 9.13. The molecule has 0 bridgehead atoms. The molecule has 0 spiro atoms. The van der Waals surface area contributed by atoms with Crippen molar-refractivity contribution in [2.45, 2.75) is 51.0 Å². The molecule has 0 amide bonds. The Hall–Kier alpha value is -1.80. The quantitative estimate of drug-likeness (QED) is 0.443. The number of hydrogen-bond donors (Lipinski definition) is 2. The van der Waals surface area contributed by atoms with Crippen LogP contribution in [0.15, 0.2) is 23.3 Å². The van der Waals surface area contributed by atoms with Gasteiger partial charge in [0.1, 0.15) is 0 Å². The van der Waals surface area contributed by atoms with E-state index in [1.165, 1.54) is 44.4 Å². The van der Waals surface area contributed by atoms with Crippen molar-refractivity contribution < 1.29 is 8.78 Å². The molecule has 3 rings (SSSR count). The first-order valence-electron chi connectivity index (χ1n) is 9.94. The van der Waals surface area contributed by atoms with E-state index < -0.39 is 5.92 Å². The summed E-state index contributed by atoms with van der Waals surface area (Å²) in [7, 11) is 0. The summed E-state index contributed by atoms with van der Waals surface area (Å²) in [6, 6.07) is 5.73. The molecule has 154 valence electrons. The summed E-state index contributed by atoms with van der Waals surface area (Å²) in [6.45, 7) is 4.35. The first kappa shape index (κ1) is 20.9. The summed E-state index contributed by atoms with van der Waals surface area (Å²) in [6.07, 6.45) is 7.94. The molecule has 28 heavy (non-hydrogen) atoms. The third kappa shape index (κ3) is 5.38. The zero-order valence-corrected chi connectivity index (χ0v) is 17.2. The zero-order valence-electron chi connectivity index (χ0n) is 16.3. The monoisotopic (exact) mass is 409 g/mol. The fourth-order valence-corrected chi connectivity index (χ4v) is 4.26. The number of piperazine rings is 1. The van der Waals surface area contributed by atoms with Crippen molar-refractivity contribution in [3.63, 3.8) is 0 Å². The highest BCUT2D eigenvalue weighted by molar-refractivity contribution is 7.80. The summed E-state index contributed by atoms with van der Waals surface area (Å²) in [5.41, 5.74) is 8.97. The minimum absolute atomic E-state index is 0.0258. The van der Waals surface area contributed by atoms with Gasteiger partial charge in [0.05, 0.1) is 6.21 Å². The average molecular weight is 410 g/mol. The third-order valence-electron chi connectivity index (χ3n) is 5.63. The highest BCUT2D eigenvalue weighted by atomic mass is 32.1. The van der Waals surface area contributed by atoms with E-state index in [0.29, 0.717) is 17.3 Å². The van der Waals surface area contributed by atoms with Gasteiger partial charge in [-0.25, -0.2) is 8.78 Å². The number of nitrogens with one attached hydrogen (secondary N) is 1. The maximum Gasteiger partial charge on any atom is 0.272 e. The third-order valence-corrected chi connectivity index (χ3v) is 5.72. The highest BCUT2D eigenvalue weighted by Crippen LogP contribution is 2.36. The number of nitrogens with two attached hydrogens (primary N) is 1. The van der Waals surface area contributed by atoms with Gasteiger partial charge in [0.15, 0.2) is 5.11 Å². The molecule has 0 atom stereocenters. The standard InChI is InChI=1S/C20H29F2N5S/c1-20(21,22)17-13-15(14-24-25-19(23)28)7-8-18(17)27-11-9-26(10-12-27)16-5-3-2-4-6-16/h7-8,13-14,16H,2-6,9-12H2,1H3,(H3,23,25,28)/b24-14+. The number of halogens is 2. The molecule has 1 aromatic rings. The van der Waals surface area contributed by atoms with Crippen LogP contribution >= 0.6 is 12.2 Å². The summed E-state index contributed by atoms with van der Waals surface area (Å²) in [5.74, 6) is -2.93. The van der Waals surface area contributed by atoms with Gasteiger partial charge in [0, 0.05) is 50.4 Å². The van der Waals surface area contributed by atoms with Crippen LogP contribution in [0.4, 0.5) is 14.5 Å². The molecule has 0 radical (unpaired) electrons. The Morgan fingerprint density at radius 2 is 1.89 bits per heavy atom. The van der Waals surface area contributed by atoms with E-state index in [1.54, 1.807) is 12.1 Å². The van der Waals surface area contributed by atoms with Gasteiger partial charge in [-0.05, 0) is 42.8 Å². The molecule has 1 aromatic carbocycles. The molecule has 2 fully saturated rings. The Bertz CT molecular complexity index is 705. The van der Waals surface area contributed by atoms with E-state index in [1.807, 2.05) is 0 Å². The van der Waals surface area contributed by atoms with Crippen molar-refractivity contribution in [3.05, 3.63) is 29.3 Å². The number of alkyl halides is 2. The van der Waals surface area contributed by atoms with Gasteiger partial charge in [-0.1, -0.05) is 25.3 Å². The van der Waals surface area contributed by atoms with E-state index in [4.69, 9.17) is 5.73 Å². The highest BCUT2D eigenvalue weighted by Gasteiger charge is 2.32. The lowest BCUT2D eigenvalue weighted by molar-refractivity contribution is 0.0178. The SMILES string of the molecule is CC(F)(F)c1cc(/C=N/NC(N)=S)ccc1N1CCN(C2CCCCC2)CC1. The van der Waals surface area contributed by atoms with E-state index >= 15 is 0 Å². The van der Waals surface area contributed by atoms with E-state index in [0.717, 1.165) is 33.1 Å². The zero-order chi connectivity index (χ0) is 20.1. The average Bonchev–Trinajstić information content (AvgIpc) is 2.68. The molecule has 1 aliphatic heterocycles. The van der Waals surface area contributed by atoms with Crippen molar-refractivity contribution in [3.8, 4) is 0 Å². The Labute approximate surface area is 170 Å². The molecule has 0 unspecified atom stereocenters. The van der Waals surface area contributed by atoms with Crippen LogP contribution < -0.4 is 16.1 Å². The van der Waals surface area contributed by atoms with Crippen LogP contribution in [0.2, 0.25) is 0 Å². The van der Waals surface area contributed by atoms with Crippen LogP contribution in [-0.4, -0.2) is 48.4 Å². The first-order chi connectivity index (χ1) is 13.3. The summed E-state index contributed by atoms with van der Waals surface area (Å²) < 4.78 is 28.7. The summed E-state index contributed by atoms with van der Waals surface area (Å²) in [4.78, 5) is 4.63. The second-order valence-electron chi connectivity index (χ2n) is 7.71. The fraction of sp³-hybridized carbons (Fsp3) is 0.600. The van der Waals surface area contributed by atoms with Crippen molar-refractivity contribution >= 4 is 29.2 Å². The van der Waals surface area contributed by atoms with Gasteiger partial charge < -0.3 is 10.6 Å². The minimum atomic E-state index is -2.93. The van der Waals surface area contributed by atoms with Crippen molar-refractivity contribution in [2.24, 2.45) is 10.8 Å². The molecule has 5 nitrogen and oxygen atoms in total. The molecule has 1 aliphatic carbocycles. The Morgan fingerprint density at radius 3 is 2.50 bits per heavy atom. The van der Waals surface area contributed by atoms with Crippen LogP contribution in [0, 0.1) is 0 Å². The molecule has 1 saturated carbocycles. The van der Waals surface area contributed by atoms with Crippen molar-refractivity contribution in [1.82, 2.24) is 10.3 Å². The molecule has 2 aliphatic rings. The van der Waals surface area contributed by atoms with E-state index in [9.17, 15) is 8.78 Å². The first-order valence-corrected chi connectivity index (χ1v) is 10.4. The molecule has 1 saturated heterocycles. The number of anilines is 1. The van der Waals surface area contributed by atoms with Crippen LogP contribution in [0.5, 0.6) is 0 Å². The molecule has 0 aromatic heterocycles. The largest absolute Gasteiger partial charge is 0.375 e. The number of rotatable bonds is 5. The van der Waals surface area contributed by atoms with Gasteiger partial charge in [-0.15, -0.1) is 0 Å². The van der Waals surface area contributed by atoms with Crippen LogP contribution in [-0.2, 0) is 5.92 Å². The maximum atomic E-state index is 14.3. The van der Waals surface area contributed by atoms with E-state index in [2.05, 4.69) is 32.5 Å². The van der Waals surface area contributed by atoms with Crippen molar-refractivity contribution in [2.75, 3.05) is 31.1 Å². The van der Waals surface area contributed by atoms with Gasteiger partial charge in [0.25, 0.3) is 5.92 Å². The second-order valence-corrected chi connectivity index (χ2v) is 8.15. The Balaban J connectivity index is 1.72. The lowest BCUT2D eigenvalue weighted by Crippen LogP contribution is -2.51. The number of nitrogens with zero attached hydrogens (tertiary/aromatic N) is 3. The molecule has 8 heteroatoms. The molecule has 3 N–H and O–H groups in total. The van der Waals surface area contributed by atoms with Gasteiger partial charge in [-0.3, -0.25) is 10.3 Å². The molecule has 1 heterocycles. The number of benzene rings is 1. The number of hydrogen-bond acceptors (Lipinski definition) is 4. The smallest absolute Gasteiger partial charge is 0.272 e. The normalized spacial score (nSPS) is 19.9. The van der Waals surface area contributed by atoms with Gasteiger partial charge in [-0.2, -0.15) is 5.10 Å². The summed E-state index contributed by atoms with van der Waals surface area (Å²) >= 11 is 4.68. The minimum Gasteiger partial charge on any atom is -0.375 e. The van der Waals surface area contributed by atoms with Crippen LogP contribution in [0.1, 0.15) is 50.2 Å². The van der Waals surface area contributed by atoms with Crippen LogP contribution in [0.3, 0.4) is 0 Å². The Morgan fingerprint density at radius 1 is 1.21 bits per heavy atom. The topological polar surface area (TPSA) is 56.9 Å². The summed E-state index contributed by atoms with van der Waals surface area (Å²) in [5, 5.41) is 3.89. The van der Waals surface area contributed by atoms with Crippen molar-refractivity contribution in [1.29, 1.82) is 0 Å². The Kier molecular flexibility index (Phi) is 6.82. The maximum absolute atomic E-state index is 14.3. The lowest BCUT2D eigenvalue weighted by atomic mass is 9.93. The number of hydrazone groups is 1. The van der Waals surface area contributed by atoms with Gasteiger partial charge >= 0.3 is 0 Å². The number of thiocarbonyl (C=S) groups is 1. The fourth-order valence-electron chi connectivity index (χ4n) is 4.21. The van der Waals surface area contributed by atoms with E-state index in [-0.39, 0.29) is 10.7 Å².